The summed E-state index contributed by atoms with van der Waals surface area (Å²) in [5, 5.41) is 6.45. The molecule has 1 saturated carbocycles. The average Bonchev–Trinajstić information content (AvgIpc) is 3.53. The van der Waals surface area contributed by atoms with Crippen molar-refractivity contribution >= 4 is 29.8 Å². The summed E-state index contributed by atoms with van der Waals surface area (Å²) in [6, 6.07) is 3.92. The number of hydrogen-bond donors (Lipinski definition) is 1. The Balaban J connectivity index is 0.00000107. The SMILES string of the molecule is CC1(COc2cc(F)c(C(=O)N3CCCC3)cc2C2CC2)CN(c2cc(C(F)(F)F)c(Cl)cn2)C1.O=CO. The number of halogens is 5. The molecule has 1 amide bonds. The molecule has 1 N–H and O–H groups in total. The Morgan fingerprint density at radius 3 is 2.45 bits per heavy atom. The van der Waals surface area contributed by atoms with Crippen LogP contribution in [0.2, 0.25) is 5.02 Å². The van der Waals surface area contributed by atoms with Crippen molar-refractivity contribution < 1.29 is 37.0 Å². The predicted octanol–water partition coefficient (Wildman–Crippen LogP) is 5.61. The topological polar surface area (TPSA) is 83.0 Å². The van der Waals surface area contributed by atoms with E-state index >= 15 is 0 Å². The number of pyridine rings is 1. The van der Waals surface area contributed by atoms with Gasteiger partial charge in [0.2, 0.25) is 0 Å². The number of alkyl halides is 3. The minimum Gasteiger partial charge on any atom is -0.492 e. The van der Waals surface area contributed by atoms with E-state index in [1.54, 1.807) is 15.9 Å². The van der Waals surface area contributed by atoms with Gasteiger partial charge in [-0.25, -0.2) is 9.37 Å². The standard InChI is InChI=1S/C25H26ClF4N3O2.CH2O2/c1-24(12-33(13-24)22-9-18(25(28,29)30)19(26)11-31-22)14-35-21-10-20(27)17(8-16(21)15-4-5-15)23(34)32-6-2-3-7-32;2-1-3/h8-11,15H,2-7,12-14H2,1H3;1H,(H,2,3). The van der Waals surface area contributed by atoms with E-state index in [0.29, 0.717) is 31.9 Å². The maximum atomic E-state index is 14.9. The highest BCUT2D eigenvalue weighted by molar-refractivity contribution is 6.31. The number of ether oxygens (including phenoxy) is 1. The summed E-state index contributed by atoms with van der Waals surface area (Å²) >= 11 is 5.67. The van der Waals surface area contributed by atoms with E-state index in [2.05, 4.69) is 4.98 Å². The zero-order valence-electron chi connectivity index (χ0n) is 20.7. The smallest absolute Gasteiger partial charge is 0.418 e. The van der Waals surface area contributed by atoms with Gasteiger partial charge in [-0.05, 0) is 49.3 Å². The number of hydrogen-bond acceptors (Lipinski definition) is 5. The molecule has 0 unspecified atom stereocenters. The number of amides is 1. The van der Waals surface area contributed by atoms with Gasteiger partial charge in [0.1, 0.15) is 17.4 Å². The van der Waals surface area contributed by atoms with Gasteiger partial charge in [0.25, 0.3) is 12.4 Å². The molecule has 0 bridgehead atoms. The lowest BCUT2D eigenvalue weighted by atomic mass is 9.82. The van der Waals surface area contributed by atoms with Crippen LogP contribution in [0.5, 0.6) is 5.75 Å². The molecule has 12 heteroatoms. The van der Waals surface area contributed by atoms with Crippen molar-refractivity contribution in [3.05, 3.63) is 51.9 Å². The van der Waals surface area contributed by atoms with E-state index in [0.717, 1.165) is 43.5 Å². The van der Waals surface area contributed by atoms with Gasteiger partial charge in [-0.15, -0.1) is 0 Å². The van der Waals surface area contributed by atoms with E-state index in [-0.39, 0.29) is 41.7 Å². The van der Waals surface area contributed by atoms with Crippen LogP contribution >= 0.6 is 11.6 Å². The zero-order valence-corrected chi connectivity index (χ0v) is 21.5. The second kappa shape index (κ2) is 11.0. The number of nitrogens with zero attached hydrogens (tertiary/aromatic N) is 3. The van der Waals surface area contributed by atoms with Crippen LogP contribution in [0.1, 0.15) is 60.0 Å². The summed E-state index contributed by atoms with van der Waals surface area (Å²) in [6.07, 6.45) is 0.257. The van der Waals surface area contributed by atoms with Gasteiger partial charge in [0.05, 0.1) is 22.8 Å². The third-order valence-corrected chi connectivity index (χ3v) is 7.23. The summed E-state index contributed by atoms with van der Waals surface area (Å²) in [7, 11) is 0. The van der Waals surface area contributed by atoms with E-state index < -0.39 is 22.6 Å². The van der Waals surface area contributed by atoms with Gasteiger partial charge in [-0.3, -0.25) is 9.59 Å². The van der Waals surface area contributed by atoms with Crippen molar-refractivity contribution in [2.45, 2.75) is 44.7 Å². The fraction of sp³-hybridized carbons (Fsp3) is 0.500. The van der Waals surface area contributed by atoms with Crippen molar-refractivity contribution in [1.29, 1.82) is 0 Å². The van der Waals surface area contributed by atoms with Gasteiger partial charge in [0, 0.05) is 43.9 Å². The van der Waals surface area contributed by atoms with Crippen LogP contribution in [0.3, 0.4) is 0 Å². The maximum absolute atomic E-state index is 14.9. The number of anilines is 1. The first kappa shape index (κ1) is 27.9. The molecule has 5 rings (SSSR count). The number of aromatic nitrogens is 1. The van der Waals surface area contributed by atoms with Gasteiger partial charge in [-0.1, -0.05) is 18.5 Å². The Kier molecular flexibility index (Phi) is 8.06. The number of carbonyl (C=O) groups is 2. The maximum Gasteiger partial charge on any atom is 0.418 e. The average molecular weight is 558 g/mol. The van der Waals surface area contributed by atoms with Gasteiger partial charge < -0.3 is 19.6 Å². The highest BCUT2D eigenvalue weighted by atomic mass is 35.5. The van der Waals surface area contributed by atoms with Crippen molar-refractivity contribution in [1.82, 2.24) is 9.88 Å². The molecule has 7 nitrogen and oxygen atoms in total. The summed E-state index contributed by atoms with van der Waals surface area (Å²) in [4.78, 5) is 28.6. The predicted molar refractivity (Wildman–Crippen MR) is 132 cm³/mol. The highest BCUT2D eigenvalue weighted by Gasteiger charge is 2.42. The molecule has 2 aliphatic heterocycles. The van der Waals surface area contributed by atoms with Crippen molar-refractivity contribution in [3.63, 3.8) is 0 Å². The number of benzene rings is 1. The molecule has 0 radical (unpaired) electrons. The van der Waals surface area contributed by atoms with Crippen LogP contribution in [-0.2, 0) is 11.0 Å². The lowest BCUT2D eigenvalue weighted by molar-refractivity contribution is -0.137. The Labute approximate surface area is 222 Å². The molecular weight excluding hydrogens is 530 g/mol. The van der Waals surface area contributed by atoms with Gasteiger partial charge in [-0.2, -0.15) is 13.2 Å². The third-order valence-electron chi connectivity index (χ3n) is 6.93. The third kappa shape index (κ3) is 6.14. The Morgan fingerprint density at radius 1 is 1.24 bits per heavy atom. The first-order valence-electron chi connectivity index (χ1n) is 12.3. The monoisotopic (exact) mass is 557 g/mol. The van der Waals surface area contributed by atoms with Crippen LogP contribution in [0, 0.1) is 11.2 Å². The van der Waals surface area contributed by atoms with E-state index in [4.69, 9.17) is 26.2 Å². The summed E-state index contributed by atoms with van der Waals surface area (Å²) in [6.45, 7) is 4.15. The minimum absolute atomic E-state index is 0.0939. The minimum atomic E-state index is -4.56. The summed E-state index contributed by atoms with van der Waals surface area (Å²) < 4.78 is 60.5. The summed E-state index contributed by atoms with van der Waals surface area (Å²) in [5.74, 6) is 0.0243. The molecular formula is C26H28ClF4N3O4. The van der Waals surface area contributed by atoms with E-state index in [1.165, 1.54) is 6.07 Å². The molecule has 3 fully saturated rings. The van der Waals surface area contributed by atoms with Crippen LogP contribution in [0.15, 0.2) is 24.4 Å². The van der Waals surface area contributed by atoms with Gasteiger partial charge >= 0.3 is 6.18 Å². The molecule has 2 saturated heterocycles. The normalized spacial score (nSPS) is 18.4. The number of likely N-dealkylation sites (tertiary alicyclic amines) is 1. The number of carbonyl (C=O) groups excluding carboxylic acids is 1. The Morgan fingerprint density at radius 2 is 1.87 bits per heavy atom. The lowest BCUT2D eigenvalue weighted by Gasteiger charge is -2.48. The molecule has 1 aromatic heterocycles. The Hall–Kier alpha value is -3.08. The second-order valence-corrected chi connectivity index (χ2v) is 10.6. The van der Waals surface area contributed by atoms with Crippen molar-refractivity contribution in [2.75, 3.05) is 37.7 Å². The van der Waals surface area contributed by atoms with Crippen LogP contribution in [0.4, 0.5) is 23.4 Å². The molecule has 3 aliphatic rings. The van der Waals surface area contributed by atoms with E-state index in [9.17, 15) is 22.4 Å². The highest BCUT2D eigenvalue weighted by Crippen LogP contribution is 2.46. The molecule has 38 heavy (non-hydrogen) atoms. The molecule has 2 aromatic rings. The van der Waals surface area contributed by atoms with Crippen molar-refractivity contribution in [3.8, 4) is 5.75 Å². The Bertz CT molecular complexity index is 1190. The fourth-order valence-corrected chi connectivity index (χ4v) is 5.07. The lowest BCUT2D eigenvalue weighted by Crippen LogP contribution is -2.58. The number of carboxylic acid groups (broad SMARTS) is 1. The molecule has 1 aromatic carbocycles. The fourth-order valence-electron chi connectivity index (χ4n) is 4.86. The molecule has 3 heterocycles. The first-order chi connectivity index (χ1) is 18.0. The van der Waals surface area contributed by atoms with Crippen LogP contribution in [-0.4, -0.2) is 60.2 Å². The second-order valence-electron chi connectivity index (χ2n) is 10.2. The van der Waals surface area contributed by atoms with E-state index in [1.807, 2.05) is 6.92 Å². The molecule has 1 aliphatic carbocycles. The number of rotatable bonds is 6. The van der Waals surface area contributed by atoms with Crippen LogP contribution < -0.4 is 9.64 Å². The quantitative estimate of drug-likeness (QED) is 0.367. The first-order valence-corrected chi connectivity index (χ1v) is 12.6. The largest absolute Gasteiger partial charge is 0.492 e. The van der Waals surface area contributed by atoms with Crippen LogP contribution in [0.25, 0.3) is 0 Å². The van der Waals surface area contributed by atoms with Gasteiger partial charge in [0.15, 0.2) is 0 Å². The summed E-state index contributed by atoms with van der Waals surface area (Å²) in [5.41, 5.74) is -0.317. The molecule has 0 spiro atoms. The van der Waals surface area contributed by atoms with Crippen molar-refractivity contribution in [2.24, 2.45) is 5.41 Å². The zero-order chi connectivity index (χ0) is 27.7. The molecule has 206 valence electrons. The molecule has 0 atom stereocenters.